The fourth-order valence-corrected chi connectivity index (χ4v) is 2.69. The summed E-state index contributed by atoms with van der Waals surface area (Å²) in [6, 6.07) is 6.52. The van der Waals surface area contributed by atoms with Crippen LogP contribution in [0.5, 0.6) is 0 Å². The van der Waals surface area contributed by atoms with E-state index in [1.165, 1.54) is 16.8 Å². The molecule has 1 aliphatic heterocycles. The lowest BCUT2D eigenvalue weighted by Gasteiger charge is -2.38. The van der Waals surface area contributed by atoms with Crippen LogP contribution < -0.4 is 16.2 Å². The summed E-state index contributed by atoms with van der Waals surface area (Å²) < 4.78 is 0. The van der Waals surface area contributed by atoms with E-state index in [0.717, 1.165) is 45.1 Å². The summed E-state index contributed by atoms with van der Waals surface area (Å²) >= 11 is 0. The quantitative estimate of drug-likeness (QED) is 0.384. The SMILES string of the molecule is CCCN=C(NN)N1CCN(c2cccc(C)c2C)CC1. The van der Waals surface area contributed by atoms with Crippen molar-refractivity contribution in [3.8, 4) is 0 Å². The first-order valence-electron chi connectivity index (χ1n) is 7.74. The summed E-state index contributed by atoms with van der Waals surface area (Å²) in [6.45, 7) is 11.2. The van der Waals surface area contributed by atoms with Crippen molar-refractivity contribution in [1.29, 1.82) is 0 Å². The molecular weight excluding hydrogens is 262 g/mol. The molecule has 21 heavy (non-hydrogen) atoms. The van der Waals surface area contributed by atoms with Crippen LogP contribution >= 0.6 is 0 Å². The lowest BCUT2D eigenvalue weighted by Crippen LogP contribution is -2.54. The molecule has 5 heteroatoms. The van der Waals surface area contributed by atoms with Crippen LogP contribution in [0.2, 0.25) is 0 Å². The van der Waals surface area contributed by atoms with Crippen molar-refractivity contribution in [3.63, 3.8) is 0 Å². The molecule has 1 saturated heterocycles. The van der Waals surface area contributed by atoms with Gasteiger partial charge in [-0.2, -0.15) is 0 Å². The summed E-state index contributed by atoms with van der Waals surface area (Å²) in [5.41, 5.74) is 6.82. The third kappa shape index (κ3) is 3.67. The molecule has 0 unspecified atom stereocenters. The maximum absolute atomic E-state index is 5.60. The number of aryl methyl sites for hydroxylation is 1. The second-order valence-corrected chi connectivity index (χ2v) is 5.54. The number of benzene rings is 1. The maximum Gasteiger partial charge on any atom is 0.208 e. The average molecular weight is 289 g/mol. The van der Waals surface area contributed by atoms with Crippen LogP contribution in [0.15, 0.2) is 23.2 Å². The Hall–Kier alpha value is -1.75. The van der Waals surface area contributed by atoms with Crippen molar-refractivity contribution in [1.82, 2.24) is 10.3 Å². The van der Waals surface area contributed by atoms with Crippen molar-refractivity contribution in [2.75, 3.05) is 37.6 Å². The van der Waals surface area contributed by atoms with Crippen molar-refractivity contribution >= 4 is 11.6 Å². The third-order valence-corrected chi connectivity index (χ3v) is 4.11. The van der Waals surface area contributed by atoms with Gasteiger partial charge in [-0.1, -0.05) is 19.1 Å². The number of rotatable bonds is 3. The zero-order valence-electron chi connectivity index (χ0n) is 13.4. The Balaban J connectivity index is 2.01. The predicted octanol–water partition coefficient (Wildman–Crippen LogP) is 1.65. The smallest absolute Gasteiger partial charge is 0.208 e. The van der Waals surface area contributed by atoms with Crippen LogP contribution in [0.1, 0.15) is 24.5 Å². The highest BCUT2D eigenvalue weighted by atomic mass is 15.4. The molecular formula is C16H27N5. The number of guanidine groups is 1. The number of hydrazine groups is 1. The Morgan fingerprint density at radius 1 is 1.24 bits per heavy atom. The number of hydrogen-bond donors (Lipinski definition) is 2. The molecule has 1 fully saturated rings. The van der Waals surface area contributed by atoms with Gasteiger partial charge >= 0.3 is 0 Å². The minimum absolute atomic E-state index is 0.816. The van der Waals surface area contributed by atoms with E-state index < -0.39 is 0 Å². The number of anilines is 1. The molecule has 116 valence electrons. The van der Waals surface area contributed by atoms with Gasteiger partial charge in [-0.3, -0.25) is 10.4 Å². The van der Waals surface area contributed by atoms with Crippen LogP contribution in [-0.2, 0) is 0 Å². The van der Waals surface area contributed by atoms with E-state index in [4.69, 9.17) is 5.84 Å². The van der Waals surface area contributed by atoms with Crippen LogP contribution in [0.3, 0.4) is 0 Å². The van der Waals surface area contributed by atoms with Crippen molar-refractivity contribution < 1.29 is 0 Å². The van der Waals surface area contributed by atoms with E-state index in [9.17, 15) is 0 Å². The van der Waals surface area contributed by atoms with Crippen molar-refractivity contribution in [2.45, 2.75) is 27.2 Å². The van der Waals surface area contributed by atoms with E-state index in [2.05, 4.69) is 59.2 Å². The summed E-state index contributed by atoms with van der Waals surface area (Å²) in [5.74, 6) is 6.42. The number of nitrogens with two attached hydrogens (primary N) is 1. The highest BCUT2D eigenvalue weighted by molar-refractivity contribution is 5.79. The predicted molar refractivity (Wildman–Crippen MR) is 89.6 cm³/mol. The molecule has 1 aliphatic rings. The Kier molecular flexibility index (Phi) is 5.44. The Bertz CT molecular complexity index is 489. The molecule has 0 bridgehead atoms. The van der Waals surface area contributed by atoms with E-state index in [1.54, 1.807) is 0 Å². The van der Waals surface area contributed by atoms with Gasteiger partial charge in [0, 0.05) is 38.4 Å². The first-order valence-corrected chi connectivity index (χ1v) is 7.74. The molecule has 0 atom stereocenters. The average Bonchev–Trinajstić information content (AvgIpc) is 2.51. The third-order valence-electron chi connectivity index (χ3n) is 4.11. The van der Waals surface area contributed by atoms with Gasteiger partial charge < -0.3 is 9.80 Å². The van der Waals surface area contributed by atoms with E-state index >= 15 is 0 Å². The molecule has 0 saturated carbocycles. The second kappa shape index (κ2) is 7.31. The molecule has 2 rings (SSSR count). The van der Waals surface area contributed by atoms with E-state index in [0.29, 0.717) is 0 Å². The molecule has 0 amide bonds. The number of nitrogens with zero attached hydrogens (tertiary/aromatic N) is 3. The zero-order valence-corrected chi connectivity index (χ0v) is 13.4. The molecule has 5 nitrogen and oxygen atoms in total. The van der Waals surface area contributed by atoms with Gasteiger partial charge in [0.2, 0.25) is 5.96 Å². The Morgan fingerprint density at radius 3 is 2.57 bits per heavy atom. The minimum atomic E-state index is 0.816. The zero-order chi connectivity index (χ0) is 15.2. The second-order valence-electron chi connectivity index (χ2n) is 5.54. The highest BCUT2D eigenvalue weighted by Gasteiger charge is 2.20. The molecule has 0 aliphatic carbocycles. The standard InChI is InChI=1S/C16H27N5/c1-4-8-18-16(19-17)21-11-9-20(10-12-21)15-7-5-6-13(2)14(15)3/h5-7H,4,8-12,17H2,1-3H3,(H,18,19). The first kappa shape index (κ1) is 15.6. The van der Waals surface area contributed by atoms with Gasteiger partial charge in [0.15, 0.2) is 0 Å². The van der Waals surface area contributed by atoms with Crippen molar-refractivity contribution in [2.24, 2.45) is 10.8 Å². The molecule has 1 aromatic carbocycles. The van der Waals surface area contributed by atoms with Crippen LogP contribution in [0, 0.1) is 13.8 Å². The lowest BCUT2D eigenvalue weighted by molar-refractivity contribution is 0.372. The van der Waals surface area contributed by atoms with Crippen molar-refractivity contribution in [3.05, 3.63) is 29.3 Å². The van der Waals surface area contributed by atoms with E-state index in [-0.39, 0.29) is 0 Å². The normalized spacial score (nSPS) is 16.3. The number of piperazine rings is 1. The van der Waals surface area contributed by atoms with Gasteiger partial charge in [-0.05, 0) is 37.5 Å². The van der Waals surface area contributed by atoms with Gasteiger partial charge in [0.1, 0.15) is 0 Å². The number of hydrogen-bond acceptors (Lipinski definition) is 3. The van der Waals surface area contributed by atoms with Gasteiger partial charge in [-0.15, -0.1) is 0 Å². The summed E-state index contributed by atoms with van der Waals surface area (Å²) in [6.07, 6.45) is 1.04. The molecule has 3 N–H and O–H groups in total. The minimum Gasteiger partial charge on any atom is -0.368 e. The fraction of sp³-hybridized carbons (Fsp3) is 0.562. The van der Waals surface area contributed by atoms with Crippen LogP contribution in [-0.4, -0.2) is 43.6 Å². The number of nitrogens with one attached hydrogen (secondary N) is 1. The Labute approximate surface area is 127 Å². The molecule has 1 heterocycles. The largest absolute Gasteiger partial charge is 0.368 e. The highest BCUT2D eigenvalue weighted by Crippen LogP contribution is 2.23. The molecule has 0 radical (unpaired) electrons. The molecule has 0 spiro atoms. The Morgan fingerprint density at radius 2 is 1.95 bits per heavy atom. The van der Waals surface area contributed by atoms with Crippen LogP contribution in [0.25, 0.3) is 0 Å². The monoisotopic (exact) mass is 289 g/mol. The van der Waals surface area contributed by atoms with Gasteiger partial charge in [0.25, 0.3) is 0 Å². The van der Waals surface area contributed by atoms with E-state index in [1.807, 2.05) is 0 Å². The first-order chi connectivity index (χ1) is 10.2. The molecule has 0 aromatic heterocycles. The van der Waals surface area contributed by atoms with Gasteiger partial charge in [0.05, 0.1) is 0 Å². The fourth-order valence-electron chi connectivity index (χ4n) is 2.69. The molecule has 1 aromatic rings. The maximum atomic E-state index is 5.60. The lowest BCUT2D eigenvalue weighted by atomic mass is 10.1. The number of aliphatic imine (C=N–C) groups is 1. The van der Waals surface area contributed by atoms with Crippen LogP contribution in [0.4, 0.5) is 5.69 Å². The topological polar surface area (TPSA) is 56.9 Å². The van der Waals surface area contributed by atoms with Gasteiger partial charge in [-0.25, -0.2) is 5.84 Å². The summed E-state index contributed by atoms with van der Waals surface area (Å²) in [5, 5.41) is 0. The summed E-state index contributed by atoms with van der Waals surface area (Å²) in [4.78, 5) is 9.19. The summed E-state index contributed by atoms with van der Waals surface area (Å²) in [7, 11) is 0.